The molecule has 0 aromatic carbocycles. The van der Waals surface area contributed by atoms with Gasteiger partial charge in [0.05, 0.1) is 12.3 Å². The topological polar surface area (TPSA) is 37.4 Å². The van der Waals surface area contributed by atoms with Gasteiger partial charge in [0.25, 0.3) is 0 Å². The number of nitrogens with one attached hydrogen (secondary N) is 1. The Labute approximate surface area is 114 Å². The Kier molecular flexibility index (Phi) is 5.10. The maximum Gasteiger partial charge on any atom is 0.141 e. The molecule has 1 N–H and O–H groups in total. The molecule has 2 rings (SSSR count). The zero-order valence-electron chi connectivity index (χ0n) is 11.7. The number of ether oxygens (including phenoxy) is 1. The highest BCUT2D eigenvalue weighted by Crippen LogP contribution is 2.23. The first-order valence-corrected chi connectivity index (χ1v) is 6.87. The van der Waals surface area contributed by atoms with Crippen LogP contribution in [-0.2, 0) is 11.3 Å². The lowest BCUT2D eigenvalue weighted by atomic mass is 10.1. The predicted octanol–water partition coefficient (Wildman–Crippen LogP) is 1.95. The smallest absolute Gasteiger partial charge is 0.141 e. The van der Waals surface area contributed by atoms with E-state index < -0.39 is 0 Å². The third kappa shape index (κ3) is 3.64. The molecule has 1 aliphatic rings. The zero-order valence-corrected chi connectivity index (χ0v) is 11.7. The number of halogens is 1. The van der Waals surface area contributed by atoms with Crippen LogP contribution in [0, 0.1) is 5.82 Å². The van der Waals surface area contributed by atoms with Crippen LogP contribution in [0.4, 0.5) is 10.2 Å². The van der Waals surface area contributed by atoms with Crippen LogP contribution in [0.3, 0.4) is 0 Å². The van der Waals surface area contributed by atoms with Crippen molar-refractivity contribution in [1.29, 1.82) is 0 Å². The Balaban J connectivity index is 2.17. The third-order valence-electron chi connectivity index (χ3n) is 3.49. The molecule has 5 heteroatoms. The number of nitrogens with zero attached hydrogens (tertiary/aromatic N) is 2. The van der Waals surface area contributed by atoms with Crippen LogP contribution < -0.4 is 10.2 Å². The molecule has 0 aliphatic carbocycles. The van der Waals surface area contributed by atoms with Crippen molar-refractivity contribution >= 4 is 5.82 Å². The summed E-state index contributed by atoms with van der Waals surface area (Å²) in [6.45, 7) is 5.32. The van der Waals surface area contributed by atoms with Crippen LogP contribution in [0.1, 0.15) is 25.3 Å². The van der Waals surface area contributed by atoms with Crippen LogP contribution in [-0.4, -0.2) is 37.8 Å². The molecular formula is C14H22FN3O. The molecule has 1 saturated heterocycles. The van der Waals surface area contributed by atoms with E-state index in [-0.39, 0.29) is 11.9 Å². The number of methoxy groups -OCH3 is 1. The maximum atomic E-state index is 13.4. The molecule has 0 saturated carbocycles. The first-order chi connectivity index (χ1) is 9.24. The van der Waals surface area contributed by atoms with E-state index in [2.05, 4.69) is 15.2 Å². The largest absolute Gasteiger partial charge is 0.380 e. The van der Waals surface area contributed by atoms with Crippen molar-refractivity contribution in [2.75, 3.05) is 31.6 Å². The van der Waals surface area contributed by atoms with E-state index in [1.807, 2.05) is 6.92 Å². The van der Waals surface area contributed by atoms with Crippen LogP contribution in [0.2, 0.25) is 0 Å². The Hall–Kier alpha value is -1.20. The lowest BCUT2D eigenvalue weighted by Gasteiger charge is -2.33. The first-order valence-electron chi connectivity index (χ1n) is 6.87. The van der Waals surface area contributed by atoms with Gasteiger partial charge in [0, 0.05) is 32.3 Å². The molecule has 4 nitrogen and oxygen atoms in total. The summed E-state index contributed by atoms with van der Waals surface area (Å²) in [5.74, 6) is 0.598. The second-order valence-corrected chi connectivity index (χ2v) is 4.86. The summed E-state index contributed by atoms with van der Waals surface area (Å²) in [5.41, 5.74) is 0.915. The van der Waals surface area contributed by atoms with Gasteiger partial charge in [0.2, 0.25) is 0 Å². The molecule has 0 radical (unpaired) electrons. The van der Waals surface area contributed by atoms with E-state index in [0.29, 0.717) is 6.54 Å². The number of aromatic nitrogens is 1. The molecule has 2 heterocycles. The fraction of sp³-hybridized carbons (Fsp3) is 0.643. The molecule has 1 atom stereocenters. The van der Waals surface area contributed by atoms with Gasteiger partial charge in [-0.2, -0.15) is 0 Å². The molecule has 1 fully saturated rings. The van der Waals surface area contributed by atoms with Gasteiger partial charge in [-0.15, -0.1) is 0 Å². The number of hydrogen-bond acceptors (Lipinski definition) is 4. The summed E-state index contributed by atoms with van der Waals surface area (Å²) in [6.07, 6.45) is 3.70. The van der Waals surface area contributed by atoms with E-state index in [4.69, 9.17) is 4.74 Å². The van der Waals surface area contributed by atoms with E-state index in [0.717, 1.165) is 43.9 Å². The lowest BCUT2D eigenvalue weighted by Crippen LogP contribution is -2.40. The van der Waals surface area contributed by atoms with Gasteiger partial charge in [-0.25, -0.2) is 9.37 Å². The quantitative estimate of drug-likeness (QED) is 0.885. The lowest BCUT2D eigenvalue weighted by molar-refractivity contribution is 0.0891. The van der Waals surface area contributed by atoms with Crippen molar-refractivity contribution in [3.05, 3.63) is 23.6 Å². The first kappa shape index (κ1) is 14.2. The Bertz CT molecular complexity index is 414. The highest BCUT2D eigenvalue weighted by atomic mass is 19.1. The second-order valence-electron chi connectivity index (χ2n) is 4.86. The third-order valence-corrected chi connectivity index (χ3v) is 3.49. The minimum atomic E-state index is -0.281. The van der Waals surface area contributed by atoms with E-state index in [1.54, 1.807) is 13.2 Å². The van der Waals surface area contributed by atoms with Gasteiger partial charge in [0.1, 0.15) is 11.6 Å². The van der Waals surface area contributed by atoms with Crippen LogP contribution in [0.15, 0.2) is 12.3 Å². The summed E-state index contributed by atoms with van der Waals surface area (Å²) in [4.78, 5) is 6.48. The molecule has 19 heavy (non-hydrogen) atoms. The van der Waals surface area contributed by atoms with E-state index in [1.165, 1.54) is 6.20 Å². The SMILES string of the molecule is CCNCc1cc(F)cnc1N1CCCC(OC)C1. The normalized spacial score (nSPS) is 19.7. The van der Waals surface area contributed by atoms with Crippen molar-refractivity contribution < 1.29 is 9.13 Å². The average Bonchev–Trinajstić information content (AvgIpc) is 2.45. The van der Waals surface area contributed by atoms with Gasteiger partial charge in [-0.3, -0.25) is 0 Å². The van der Waals surface area contributed by atoms with Crippen LogP contribution >= 0.6 is 0 Å². The highest BCUT2D eigenvalue weighted by Gasteiger charge is 2.22. The minimum Gasteiger partial charge on any atom is -0.380 e. The van der Waals surface area contributed by atoms with Gasteiger partial charge in [-0.05, 0) is 25.5 Å². The monoisotopic (exact) mass is 267 g/mol. The Morgan fingerprint density at radius 2 is 2.42 bits per heavy atom. The number of hydrogen-bond donors (Lipinski definition) is 1. The maximum absolute atomic E-state index is 13.4. The van der Waals surface area contributed by atoms with Crippen LogP contribution in [0.25, 0.3) is 0 Å². The zero-order chi connectivity index (χ0) is 13.7. The van der Waals surface area contributed by atoms with Crippen molar-refractivity contribution in [3.63, 3.8) is 0 Å². The van der Waals surface area contributed by atoms with Gasteiger partial charge in [-0.1, -0.05) is 6.92 Å². The van der Waals surface area contributed by atoms with E-state index >= 15 is 0 Å². The molecular weight excluding hydrogens is 245 g/mol. The van der Waals surface area contributed by atoms with Gasteiger partial charge >= 0.3 is 0 Å². The summed E-state index contributed by atoms with van der Waals surface area (Å²) < 4.78 is 18.8. The number of pyridine rings is 1. The summed E-state index contributed by atoms with van der Waals surface area (Å²) in [7, 11) is 1.74. The predicted molar refractivity (Wildman–Crippen MR) is 73.8 cm³/mol. The molecule has 0 bridgehead atoms. The number of anilines is 1. The summed E-state index contributed by atoms with van der Waals surface area (Å²) in [6, 6.07) is 1.57. The molecule has 1 aliphatic heterocycles. The second kappa shape index (κ2) is 6.82. The summed E-state index contributed by atoms with van der Waals surface area (Å²) in [5, 5.41) is 3.23. The van der Waals surface area contributed by atoms with Crippen molar-refractivity contribution in [1.82, 2.24) is 10.3 Å². The van der Waals surface area contributed by atoms with Crippen molar-refractivity contribution in [3.8, 4) is 0 Å². The Morgan fingerprint density at radius 3 is 3.16 bits per heavy atom. The van der Waals surface area contributed by atoms with Crippen LogP contribution in [0.5, 0.6) is 0 Å². The van der Waals surface area contributed by atoms with Crippen molar-refractivity contribution in [2.45, 2.75) is 32.4 Å². The Morgan fingerprint density at radius 1 is 1.58 bits per heavy atom. The standard InChI is InChI=1S/C14H22FN3O/c1-3-16-8-11-7-12(15)9-17-14(11)18-6-4-5-13(10-18)19-2/h7,9,13,16H,3-6,8,10H2,1-2H3. The molecule has 1 unspecified atom stereocenters. The highest BCUT2D eigenvalue weighted by molar-refractivity contribution is 5.47. The molecule has 106 valence electrons. The molecule has 1 aromatic heterocycles. The molecule has 0 spiro atoms. The van der Waals surface area contributed by atoms with Crippen molar-refractivity contribution in [2.24, 2.45) is 0 Å². The van der Waals surface area contributed by atoms with Gasteiger partial charge in [0.15, 0.2) is 0 Å². The fourth-order valence-electron chi connectivity index (χ4n) is 2.47. The fourth-order valence-corrected chi connectivity index (χ4v) is 2.47. The molecule has 1 aromatic rings. The van der Waals surface area contributed by atoms with E-state index in [9.17, 15) is 4.39 Å². The summed E-state index contributed by atoms with van der Waals surface area (Å²) >= 11 is 0. The number of rotatable bonds is 5. The minimum absolute atomic E-state index is 0.243. The number of piperidine rings is 1. The molecule has 0 amide bonds. The average molecular weight is 267 g/mol. The van der Waals surface area contributed by atoms with Gasteiger partial charge < -0.3 is 15.0 Å².